The van der Waals surface area contributed by atoms with Crippen molar-refractivity contribution in [3.8, 4) is 5.75 Å². The fourth-order valence-corrected chi connectivity index (χ4v) is 3.37. The van der Waals surface area contributed by atoms with Gasteiger partial charge in [-0.05, 0) is 49.1 Å². The number of hydrogen-bond donors (Lipinski definition) is 1. The van der Waals surface area contributed by atoms with E-state index in [1.807, 2.05) is 30.3 Å². The van der Waals surface area contributed by atoms with Gasteiger partial charge in [0.15, 0.2) is 6.61 Å². The van der Waals surface area contributed by atoms with Gasteiger partial charge in [0, 0.05) is 30.6 Å². The molecule has 6 heteroatoms. The first-order valence-electron chi connectivity index (χ1n) is 9.59. The van der Waals surface area contributed by atoms with E-state index in [1.165, 1.54) is 5.56 Å². The van der Waals surface area contributed by atoms with E-state index < -0.39 is 0 Å². The summed E-state index contributed by atoms with van der Waals surface area (Å²) in [6.45, 7) is 1.27. The van der Waals surface area contributed by atoms with Crippen LogP contribution >= 0.6 is 11.6 Å². The first-order valence-corrected chi connectivity index (χ1v) is 9.97. The van der Waals surface area contributed by atoms with E-state index >= 15 is 0 Å². The van der Waals surface area contributed by atoms with Gasteiger partial charge >= 0.3 is 0 Å². The summed E-state index contributed by atoms with van der Waals surface area (Å²) < 4.78 is 5.52. The number of nitrogens with zero attached hydrogens (tertiary/aromatic N) is 1. The Bertz CT molecular complexity index is 772. The number of nitrogens with one attached hydrogen (secondary N) is 1. The highest BCUT2D eigenvalue weighted by atomic mass is 35.5. The Morgan fingerprint density at radius 3 is 2.39 bits per heavy atom. The zero-order chi connectivity index (χ0) is 19.8. The van der Waals surface area contributed by atoms with Crippen LogP contribution in [-0.2, 0) is 16.0 Å². The highest BCUT2D eigenvalue weighted by molar-refractivity contribution is 6.30. The summed E-state index contributed by atoms with van der Waals surface area (Å²) >= 11 is 5.84. The van der Waals surface area contributed by atoms with E-state index in [0.717, 1.165) is 19.3 Å². The summed E-state index contributed by atoms with van der Waals surface area (Å²) in [5.41, 5.74) is 1.17. The largest absolute Gasteiger partial charge is 0.484 e. The molecule has 2 aromatic rings. The summed E-state index contributed by atoms with van der Waals surface area (Å²) in [5, 5.41) is 3.72. The highest BCUT2D eigenvalue weighted by Gasteiger charge is 2.24. The van der Waals surface area contributed by atoms with Crippen molar-refractivity contribution in [2.75, 3.05) is 19.7 Å². The van der Waals surface area contributed by atoms with E-state index in [-0.39, 0.29) is 24.5 Å². The maximum atomic E-state index is 12.3. The van der Waals surface area contributed by atoms with Crippen LogP contribution in [0.3, 0.4) is 0 Å². The highest BCUT2D eigenvalue weighted by Crippen LogP contribution is 2.16. The third-order valence-corrected chi connectivity index (χ3v) is 5.12. The summed E-state index contributed by atoms with van der Waals surface area (Å²) in [4.78, 5) is 26.3. The van der Waals surface area contributed by atoms with E-state index in [0.29, 0.717) is 30.3 Å². The third kappa shape index (κ3) is 6.27. The number of amides is 2. The molecule has 1 aliphatic heterocycles. The van der Waals surface area contributed by atoms with Crippen molar-refractivity contribution in [3.63, 3.8) is 0 Å². The number of hydrogen-bond acceptors (Lipinski definition) is 3. The number of halogens is 1. The smallest absolute Gasteiger partial charge is 0.260 e. The predicted molar refractivity (Wildman–Crippen MR) is 109 cm³/mol. The first-order chi connectivity index (χ1) is 13.6. The number of piperidine rings is 1. The zero-order valence-corrected chi connectivity index (χ0v) is 16.5. The van der Waals surface area contributed by atoms with Gasteiger partial charge in [0.2, 0.25) is 5.91 Å². The first kappa shape index (κ1) is 20.2. The number of carbonyl (C=O) groups is 2. The van der Waals surface area contributed by atoms with E-state index in [1.54, 1.807) is 29.2 Å². The van der Waals surface area contributed by atoms with Crippen LogP contribution in [-0.4, -0.2) is 42.5 Å². The molecule has 2 amide bonds. The van der Waals surface area contributed by atoms with Crippen LogP contribution in [0.25, 0.3) is 0 Å². The van der Waals surface area contributed by atoms with Crippen LogP contribution in [0, 0.1) is 0 Å². The molecule has 1 aliphatic rings. The fraction of sp³-hybridized carbons (Fsp3) is 0.364. The molecule has 0 aromatic heterocycles. The number of carbonyl (C=O) groups excluding carboxylic acids is 2. The summed E-state index contributed by atoms with van der Waals surface area (Å²) in [6.07, 6.45) is 2.76. The molecular weight excluding hydrogens is 376 g/mol. The number of likely N-dealkylation sites (tertiary alicyclic amines) is 1. The van der Waals surface area contributed by atoms with Gasteiger partial charge in [0.1, 0.15) is 5.75 Å². The van der Waals surface area contributed by atoms with Crippen molar-refractivity contribution >= 4 is 23.4 Å². The molecule has 1 N–H and O–H groups in total. The van der Waals surface area contributed by atoms with Gasteiger partial charge < -0.3 is 15.0 Å². The van der Waals surface area contributed by atoms with Crippen molar-refractivity contribution in [2.45, 2.75) is 31.7 Å². The molecule has 0 radical (unpaired) electrons. The second-order valence-corrected chi connectivity index (χ2v) is 7.39. The lowest BCUT2D eigenvalue weighted by atomic mass is 10.0. The minimum absolute atomic E-state index is 0.00966. The molecule has 2 aromatic carbocycles. The standard InChI is InChI=1S/C22H25ClN2O3/c23-18-7-9-20(10-8-18)28-16-22(27)25-14-12-19(13-15-25)24-21(26)11-6-17-4-2-1-3-5-17/h1-5,7-10,19H,6,11-16H2,(H,24,26). The van der Waals surface area contributed by atoms with Crippen molar-refractivity contribution in [3.05, 3.63) is 65.2 Å². The lowest BCUT2D eigenvalue weighted by Gasteiger charge is -2.32. The molecule has 1 fully saturated rings. The Balaban J connectivity index is 1.34. The van der Waals surface area contributed by atoms with Crippen molar-refractivity contribution in [1.82, 2.24) is 10.2 Å². The van der Waals surface area contributed by atoms with Crippen LogP contribution in [0.15, 0.2) is 54.6 Å². The quantitative estimate of drug-likeness (QED) is 0.774. The Kier molecular flexibility index (Phi) is 7.31. The van der Waals surface area contributed by atoms with Crippen molar-refractivity contribution < 1.29 is 14.3 Å². The molecule has 3 rings (SSSR count). The minimum Gasteiger partial charge on any atom is -0.484 e. The van der Waals surface area contributed by atoms with Crippen LogP contribution < -0.4 is 10.1 Å². The molecule has 1 heterocycles. The lowest BCUT2D eigenvalue weighted by Crippen LogP contribution is -2.47. The van der Waals surface area contributed by atoms with Crippen LogP contribution in [0.1, 0.15) is 24.8 Å². The second kappa shape index (κ2) is 10.1. The van der Waals surface area contributed by atoms with E-state index in [4.69, 9.17) is 16.3 Å². The van der Waals surface area contributed by atoms with Gasteiger partial charge in [-0.25, -0.2) is 0 Å². The maximum Gasteiger partial charge on any atom is 0.260 e. The summed E-state index contributed by atoms with van der Waals surface area (Å²) in [5.74, 6) is 0.654. The molecule has 0 saturated carbocycles. The van der Waals surface area contributed by atoms with Gasteiger partial charge in [-0.2, -0.15) is 0 Å². The Morgan fingerprint density at radius 1 is 1.04 bits per heavy atom. The second-order valence-electron chi connectivity index (χ2n) is 6.95. The molecule has 0 unspecified atom stereocenters. The monoisotopic (exact) mass is 400 g/mol. The van der Waals surface area contributed by atoms with E-state index in [2.05, 4.69) is 5.32 Å². The maximum absolute atomic E-state index is 12.3. The van der Waals surface area contributed by atoms with Gasteiger partial charge in [-0.15, -0.1) is 0 Å². The minimum atomic E-state index is -0.0381. The van der Waals surface area contributed by atoms with Gasteiger partial charge in [-0.3, -0.25) is 9.59 Å². The number of ether oxygens (including phenoxy) is 1. The predicted octanol–water partition coefficient (Wildman–Crippen LogP) is 3.46. The molecular formula is C22H25ClN2O3. The molecule has 0 bridgehead atoms. The molecule has 1 saturated heterocycles. The number of aryl methyl sites for hydroxylation is 1. The fourth-order valence-electron chi connectivity index (χ4n) is 3.24. The van der Waals surface area contributed by atoms with Crippen molar-refractivity contribution in [1.29, 1.82) is 0 Å². The summed E-state index contributed by atoms with van der Waals surface area (Å²) in [6, 6.07) is 17.1. The van der Waals surface area contributed by atoms with Gasteiger partial charge in [0.25, 0.3) is 5.91 Å². The van der Waals surface area contributed by atoms with Gasteiger partial charge in [0.05, 0.1) is 0 Å². The Hall–Kier alpha value is -2.53. The third-order valence-electron chi connectivity index (χ3n) is 4.87. The lowest BCUT2D eigenvalue weighted by molar-refractivity contribution is -0.134. The van der Waals surface area contributed by atoms with Gasteiger partial charge in [-0.1, -0.05) is 41.9 Å². The number of benzene rings is 2. The average molecular weight is 401 g/mol. The van der Waals surface area contributed by atoms with E-state index in [9.17, 15) is 9.59 Å². The SMILES string of the molecule is O=C(CCc1ccccc1)NC1CCN(C(=O)COc2ccc(Cl)cc2)CC1. The molecule has 148 valence electrons. The van der Waals surface area contributed by atoms with Crippen LogP contribution in [0.2, 0.25) is 5.02 Å². The number of rotatable bonds is 7. The van der Waals surface area contributed by atoms with Crippen molar-refractivity contribution in [2.24, 2.45) is 0 Å². The molecule has 28 heavy (non-hydrogen) atoms. The molecule has 0 spiro atoms. The Morgan fingerprint density at radius 2 is 1.71 bits per heavy atom. The summed E-state index contributed by atoms with van der Waals surface area (Å²) in [7, 11) is 0. The molecule has 5 nitrogen and oxygen atoms in total. The zero-order valence-electron chi connectivity index (χ0n) is 15.8. The topological polar surface area (TPSA) is 58.6 Å². The average Bonchev–Trinajstić information content (AvgIpc) is 2.73. The normalized spacial score (nSPS) is 14.5. The molecule has 0 aliphatic carbocycles. The van der Waals surface area contributed by atoms with Crippen LogP contribution in [0.5, 0.6) is 5.75 Å². The Labute approximate surface area is 170 Å². The van der Waals surface area contributed by atoms with Crippen LogP contribution in [0.4, 0.5) is 0 Å². The molecule has 0 atom stereocenters.